The number of carbonyl (C=O) groups is 1. The largest absolute Gasteiger partial charge is 0.321 e. The van der Waals surface area contributed by atoms with E-state index in [4.69, 9.17) is 23.2 Å². The van der Waals surface area contributed by atoms with Gasteiger partial charge in [-0.3, -0.25) is 9.52 Å². The van der Waals surface area contributed by atoms with Crippen LogP contribution in [-0.4, -0.2) is 14.3 Å². The molecule has 0 bridgehead atoms. The first kappa shape index (κ1) is 21.2. The third kappa shape index (κ3) is 4.72. The molecule has 3 aromatic rings. The molecule has 29 heavy (non-hydrogen) atoms. The Morgan fingerprint density at radius 2 is 1.48 bits per heavy atom. The van der Waals surface area contributed by atoms with E-state index in [0.717, 1.165) is 5.56 Å². The van der Waals surface area contributed by atoms with Gasteiger partial charge in [-0.05, 0) is 55.8 Å². The summed E-state index contributed by atoms with van der Waals surface area (Å²) in [6.07, 6.45) is 0. The maximum absolute atomic E-state index is 12.7. The van der Waals surface area contributed by atoms with Crippen molar-refractivity contribution in [1.29, 1.82) is 0 Å². The average Bonchev–Trinajstić information content (AvgIpc) is 2.67. The predicted molar refractivity (Wildman–Crippen MR) is 118 cm³/mol. The lowest BCUT2D eigenvalue weighted by Crippen LogP contribution is -2.17. The number of hydrogen-bond acceptors (Lipinski definition) is 3. The van der Waals surface area contributed by atoms with Crippen LogP contribution in [0.5, 0.6) is 0 Å². The fraction of sp³-hybridized carbons (Fsp3) is 0.0952. The van der Waals surface area contributed by atoms with Crippen LogP contribution in [0.25, 0.3) is 0 Å². The SMILES string of the molecule is Cc1ccc(S(=O)(=O)Nc2cccc(C(=O)Nc3cccc(Cl)c3Cl)c2C)cc1. The minimum Gasteiger partial charge on any atom is -0.321 e. The molecule has 0 aliphatic carbocycles. The van der Waals surface area contributed by atoms with E-state index in [2.05, 4.69) is 10.0 Å². The van der Waals surface area contributed by atoms with Crippen molar-refractivity contribution >= 4 is 50.5 Å². The van der Waals surface area contributed by atoms with E-state index < -0.39 is 15.9 Å². The molecule has 1 amide bonds. The van der Waals surface area contributed by atoms with Crippen molar-refractivity contribution in [2.24, 2.45) is 0 Å². The van der Waals surface area contributed by atoms with Gasteiger partial charge in [0.05, 0.1) is 26.3 Å². The van der Waals surface area contributed by atoms with Gasteiger partial charge in [0, 0.05) is 5.56 Å². The van der Waals surface area contributed by atoms with Gasteiger partial charge in [-0.2, -0.15) is 0 Å². The van der Waals surface area contributed by atoms with Crippen molar-refractivity contribution in [3.8, 4) is 0 Å². The van der Waals surface area contributed by atoms with Gasteiger partial charge < -0.3 is 5.32 Å². The summed E-state index contributed by atoms with van der Waals surface area (Å²) in [5.74, 6) is -0.428. The van der Waals surface area contributed by atoms with Gasteiger partial charge in [-0.15, -0.1) is 0 Å². The van der Waals surface area contributed by atoms with Gasteiger partial charge in [-0.25, -0.2) is 8.42 Å². The zero-order chi connectivity index (χ0) is 21.2. The normalized spacial score (nSPS) is 11.2. The van der Waals surface area contributed by atoms with Crippen molar-refractivity contribution in [2.75, 3.05) is 10.0 Å². The van der Waals surface area contributed by atoms with Gasteiger partial charge in [0.15, 0.2) is 0 Å². The molecule has 5 nitrogen and oxygen atoms in total. The molecule has 0 spiro atoms. The molecule has 3 aromatic carbocycles. The van der Waals surface area contributed by atoms with Gasteiger partial charge in [0.25, 0.3) is 15.9 Å². The van der Waals surface area contributed by atoms with Crippen LogP contribution in [0.2, 0.25) is 10.0 Å². The first-order chi connectivity index (χ1) is 13.7. The van der Waals surface area contributed by atoms with Crippen LogP contribution in [0.15, 0.2) is 65.6 Å². The zero-order valence-corrected chi connectivity index (χ0v) is 18.0. The smallest absolute Gasteiger partial charge is 0.261 e. The minimum atomic E-state index is -3.79. The first-order valence-electron chi connectivity index (χ1n) is 8.63. The van der Waals surface area contributed by atoms with Crippen LogP contribution in [0.1, 0.15) is 21.5 Å². The summed E-state index contributed by atoms with van der Waals surface area (Å²) in [5.41, 5.74) is 2.44. The fourth-order valence-corrected chi connectivity index (χ4v) is 4.17. The second-order valence-electron chi connectivity index (χ2n) is 6.45. The van der Waals surface area contributed by atoms with Crippen LogP contribution >= 0.6 is 23.2 Å². The number of benzene rings is 3. The molecule has 0 radical (unpaired) electrons. The van der Waals surface area contributed by atoms with Crippen molar-refractivity contribution in [1.82, 2.24) is 0 Å². The van der Waals surface area contributed by atoms with Crippen molar-refractivity contribution in [2.45, 2.75) is 18.7 Å². The van der Waals surface area contributed by atoms with E-state index in [0.29, 0.717) is 27.5 Å². The highest BCUT2D eigenvalue weighted by Crippen LogP contribution is 2.30. The number of nitrogens with one attached hydrogen (secondary N) is 2. The monoisotopic (exact) mass is 448 g/mol. The zero-order valence-electron chi connectivity index (χ0n) is 15.7. The first-order valence-corrected chi connectivity index (χ1v) is 10.9. The van der Waals surface area contributed by atoms with Crippen molar-refractivity contribution in [3.05, 3.63) is 87.4 Å². The van der Waals surface area contributed by atoms with Gasteiger partial charge in [0.1, 0.15) is 0 Å². The summed E-state index contributed by atoms with van der Waals surface area (Å²) in [5, 5.41) is 3.26. The van der Waals surface area contributed by atoms with E-state index in [1.54, 1.807) is 55.5 Å². The Morgan fingerprint density at radius 1 is 0.862 bits per heavy atom. The van der Waals surface area contributed by atoms with E-state index in [9.17, 15) is 13.2 Å². The standard InChI is InChI=1S/C21H18Cl2N2O3S/c1-13-9-11-15(12-10-13)29(27,28)25-18-7-3-5-16(14(18)2)21(26)24-19-8-4-6-17(22)20(19)23/h3-12,25H,1-2H3,(H,24,26). The highest BCUT2D eigenvalue weighted by Gasteiger charge is 2.18. The summed E-state index contributed by atoms with van der Waals surface area (Å²) in [4.78, 5) is 12.9. The van der Waals surface area contributed by atoms with E-state index in [1.807, 2.05) is 6.92 Å². The Kier molecular flexibility index (Phi) is 6.17. The van der Waals surface area contributed by atoms with Crippen LogP contribution < -0.4 is 10.0 Å². The van der Waals surface area contributed by atoms with E-state index >= 15 is 0 Å². The maximum Gasteiger partial charge on any atom is 0.261 e. The summed E-state index contributed by atoms with van der Waals surface area (Å²) in [6.45, 7) is 3.55. The third-order valence-electron chi connectivity index (χ3n) is 4.35. The number of carbonyl (C=O) groups excluding carboxylic acids is 1. The lowest BCUT2D eigenvalue weighted by Gasteiger charge is -2.14. The van der Waals surface area contributed by atoms with Crippen LogP contribution in [-0.2, 0) is 10.0 Å². The predicted octanol–water partition coefficient (Wildman–Crippen LogP) is 5.66. The lowest BCUT2D eigenvalue weighted by atomic mass is 10.1. The van der Waals surface area contributed by atoms with Gasteiger partial charge >= 0.3 is 0 Å². The molecule has 0 aliphatic heterocycles. The number of aryl methyl sites for hydroxylation is 1. The summed E-state index contributed by atoms with van der Waals surface area (Å²) < 4.78 is 27.9. The third-order valence-corrected chi connectivity index (χ3v) is 6.55. The number of rotatable bonds is 5. The highest BCUT2D eigenvalue weighted by molar-refractivity contribution is 7.92. The Balaban J connectivity index is 1.88. The average molecular weight is 449 g/mol. The maximum atomic E-state index is 12.7. The summed E-state index contributed by atoms with van der Waals surface area (Å²) in [7, 11) is -3.79. The minimum absolute atomic E-state index is 0.142. The van der Waals surface area contributed by atoms with Gasteiger partial charge in [-0.1, -0.05) is 53.0 Å². The lowest BCUT2D eigenvalue weighted by molar-refractivity contribution is 0.102. The van der Waals surface area contributed by atoms with E-state index in [-0.39, 0.29) is 9.92 Å². The fourth-order valence-electron chi connectivity index (χ4n) is 2.70. The molecule has 0 saturated heterocycles. The molecule has 3 rings (SSSR count). The van der Waals surface area contributed by atoms with Crippen molar-refractivity contribution < 1.29 is 13.2 Å². The molecule has 8 heteroatoms. The molecule has 2 N–H and O–H groups in total. The molecular formula is C21H18Cl2N2O3S. The molecule has 0 heterocycles. The molecule has 0 atom stereocenters. The second kappa shape index (κ2) is 8.45. The van der Waals surface area contributed by atoms with Crippen LogP contribution in [0.3, 0.4) is 0 Å². The highest BCUT2D eigenvalue weighted by atomic mass is 35.5. The quantitative estimate of drug-likeness (QED) is 0.528. The Hall–Kier alpha value is -2.54. The molecule has 0 unspecified atom stereocenters. The molecule has 0 aromatic heterocycles. The van der Waals surface area contributed by atoms with Crippen molar-refractivity contribution in [3.63, 3.8) is 0 Å². The topological polar surface area (TPSA) is 75.3 Å². The second-order valence-corrected chi connectivity index (χ2v) is 8.92. The Bertz CT molecular complexity index is 1180. The molecule has 0 saturated carbocycles. The van der Waals surface area contributed by atoms with Gasteiger partial charge in [0.2, 0.25) is 0 Å². The van der Waals surface area contributed by atoms with Crippen LogP contribution in [0.4, 0.5) is 11.4 Å². The number of halogens is 2. The molecule has 0 aliphatic rings. The molecule has 150 valence electrons. The van der Waals surface area contributed by atoms with Crippen LogP contribution in [0, 0.1) is 13.8 Å². The molecule has 0 fully saturated rings. The number of sulfonamides is 1. The van der Waals surface area contributed by atoms with E-state index in [1.165, 1.54) is 12.1 Å². The Labute approximate surface area is 179 Å². The Morgan fingerprint density at radius 3 is 2.17 bits per heavy atom. The number of anilines is 2. The number of hydrogen-bond donors (Lipinski definition) is 2. The number of amides is 1. The summed E-state index contributed by atoms with van der Waals surface area (Å²) in [6, 6.07) is 16.2. The summed E-state index contributed by atoms with van der Waals surface area (Å²) >= 11 is 12.1. The molecular weight excluding hydrogens is 431 g/mol.